The van der Waals surface area contributed by atoms with Crippen LogP contribution in [0.15, 0.2) is 29.3 Å². The van der Waals surface area contributed by atoms with Gasteiger partial charge in [-0.15, -0.1) is 11.8 Å². The molecule has 0 fully saturated rings. The van der Waals surface area contributed by atoms with Crippen molar-refractivity contribution in [1.82, 2.24) is 0 Å². The second-order valence-electron chi connectivity index (χ2n) is 3.52. The van der Waals surface area contributed by atoms with Crippen LogP contribution in [-0.2, 0) is 4.79 Å². The molecule has 17 heavy (non-hydrogen) atoms. The SMILES string of the molecule is COc1ccc(C(=O)CC2=NC(=O)CS2)cc1. The maximum Gasteiger partial charge on any atom is 0.256 e. The number of nitrogens with zero attached hydrogens (tertiary/aromatic N) is 1. The minimum atomic E-state index is -0.160. The van der Waals surface area contributed by atoms with E-state index in [9.17, 15) is 9.59 Å². The molecule has 0 saturated heterocycles. The van der Waals surface area contributed by atoms with E-state index in [0.717, 1.165) is 0 Å². The van der Waals surface area contributed by atoms with Crippen molar-refractivity contribution >= 4 is 28.5 Å². The van der Waals surface area contributed by atoms with E-state index < -0.39 is 0 Å². The fourth-order valence-electron chi connectivity index (χ4n) is 1.46. The largest absolute Gasteiger partial charge is 0.497 e. The van der Waals surface area contributed by atoms with Crippen LogP contribution in [0.1, 0.15) is 16.8 Å². The lowest BCUT2D eigenvalue weighted by Gasteiger charge is -2.02. The van der Waals surface area contributed by atoms with Crippen molar-refractivity contribution in [3.8, 4) is 5.75 Å². The molecule has 0 aromatic heterocycles. The number of hydrogen-bond donors (Lipinski definition) is 0. The van der Waals surface area contributed by atoms with E-state index >= 15 is 0 Å². The van der Waals surface area contributed by atoms with Gasteiger partial charge in [0.05, 0.1) is 24.3 Å². The van der Waals surface area contributed by atoms with Crippen molar-refractivity contribution in [1.29, 1.82) is 0 Å². The highest BCUT2D eigenvalue weighted by Crippen LogP contribution is 2.19. The smallest absolute Gasteiger partial charge is 0.256 e. The molecular weight excluding hydrogens is 238 g/mol. The number of amides is 1. The Morgan fingerprint density at radius 3 is 2.65 bits per heavy atom. The first-order valence-corrected chi connectivity index (χ1v) is 6.08. The van der Waals surface area contributed by atoms with Gasteiger partial charge in [-0.05, 0) is 24.3 Å². The van der Waals surface area contributed by atoms with Gasteiger partial charge in [-0.3, -0.25) is 9.59 Å². The molecule has 1 heterocycles. The van der Waals surface area contributed by atoms with E-state index in [-0.39, 0.29) is 18.1 Å². The highest BCUT2D eigenvalue weighted by atomic mass is 32.2. The molecule has 0 atom stereocenters. The molecule has 0 aliphatic carbocycles. The second-order valence-corrected chi connectivity index (χ2v) is 4.57. The van der Waals surface area contributed by atoms with Crippen LogP contribution in [-0.4, -0.2) is 29.6 Å². The summed E-state index contributed by atoms with van der Waals surface area (Å²) in [5.41, 5.74) is 0.605. The van der Waals surface area contributed by atoms with Crippen LogP contribution >= 0.6 is 11.8 Å². The number of benzene rings is 1. The maximum absolute atomic E-state index is 11.9. The highest BCUT2D eigenvalue weighted by Gasteiger charge is 2.18. The number of carbonyl (C=O) groups is 2. The summed E-state index contributed by atoms with van der Waals surface area (Å²) in [5, 5.41) is 0.607. The first kappa shape index (κ1) is 11.9. The number of carbonyl (C=O) groups excluding carboxylic acids is 2. The van der Waals surface area contributed by atoms with Crippen LogP contribution in [0.25, 0.3) is 0 Å². The van der Waals surface area contributed by atoms with Gasteiger partial charge in [0.1, 0.15) is 5.75 Å². The molecule has 88 valence electrons. The van der Waals surface area contributed by atoms with E-state index in [0.29, 0.717) is 22.1 Å². The molecule has 2 rings (SSSR count). The summed E-state index contributed by atoms with van der Waals surface area (Å²) in [6.07, 6.45) is 0.197. The number of methoxy groups -OCH3 is 1. The van der Waals surface area contributed by atoms with Gasteiger partial charge in [-0.25, -0.2) is 4.99 Å². The third-order valence-electron chi connectivity index (χ3n) is 2.34. The number of ketones is 1. The third kappa shape index (κ3) is 2.94. The number of ether oxygens (including phenoxy) is 1. The van der Waals surface area contributed by atoms with Gasteiger partial charge < -0.3 is 4.74 Å². The van der Waals surface area contributed by atoms with Crippen LogP contribution < -0.4 is 4.74 Å². The Hall–Kier alpha value is -1.62. The van der Waals surface area contributed by atoms with Crippen molar-refractivity contribution in [3.63, 3.8) is 0 Å². The Morgan fingerprint density at radius 1 is 1.41 bits per heavy atom. The average Bonchev–Trinajstić information content (AvgIpc) is 2.75. The predicted molar refractivity (Wildman–Crippen MR) is 66.8 cm³/mol. The summed E-state index contributed by atoms with van der Waals surface area (Å²) in [7, 11) is 1.58. The van der Waals surface area contributed by atoms with Gasteiger partial charge in [0.25, 0.3) is 5.91 Å². The van der Waals surface area contributed by atoms with E-state index in [1.165, 1.54) is 11.8 Å². The number of Topliss-reactive ketones (excluding diaryl/α,β-unsaturated/α-hetero) is 1. The third-order valence-corrected chi connectivity index (χ3v) is 3.30. The Kier molecular flexibility index (Phi) is 3.58. The van der Waals surface area contributed by atoms with Crippen molar-refractivity contribution in [2.75, 3.05) is 12.9 Å². The summed E-state index contributed by atoms with van der Waals surface area (Å²) in [4.78, 5) is 26.6. The molecule has 1 amide bonds. The normalized spacial score (nSPS) is 14.6. The summed E-state index contributed by atoms with van der Waals surface area (Å²) >= 11 is 1.34. The molecule has 0 unspecified atom stereocenters. The number of hydrogen-bond acceptors (Lipinski definition) is 4. The summed E-state index contributed by atoms with van der Waals surface area (Å²) in [6, 6.07) is 6.90. The second kappa shape index (κ2) is 5.14. The minimum absolute atomic E-state index is 0.0337. The van der Waals surface area contributed by atoms with Gasteiger partial charge >= 0.3 is 0 Å². The van der Waals surface area contributed by atoms with E-state index in [4.69, 9.17) is 4.74 Å². The van der Waals surface area contributed by atoms with Crippen molar-refractivity contribution < 1.29 is 14.3 Å². The first-order valence-electron chi connectivity index (χ1n) is 5.09. The number of thioether (sulfide) groups is 1. The van der Waals surface area contributed by atoms with Crippen LogP contribution in [0.5, 0.6) is 5.75 Å². The fourth-order valence-corrected chi connectivity index (χ4v) is 2.21. The zero-order valence-electron chi connectivity index (χ0n) is 9.30. The number of aliphatic imine (C=N–C) groups is 1. The quantitative estimate of drug-likeness (QED) is 0.765. The molecule has 4 nitrogen and oxygen atoms in total. The lowest BCUT2D eigenvalue weighted by Crippen LogP contribution is -2.04. The standard InChI is InChI=1S/C12H11NO3S/c1-16-9-4-2-8(3-5-9)10(14)6-12-13-11(15)7-17-12/h2-5H,6-7H2,1H3. The van der Waals surface area contributed by atoms with Crippen molar-refractivity contribution in [2.45, 2.75) is 6.42 Å². The molecule has 0 saturated carbocycles. The summed E-state index contributed by atoms with van der Waals surface area (Å²) in [6.45, 7) is 0. The van der Waals surface area contributed by atoms with Gasteiger partial charge in [-0.2, -0.15) is 0 Å². The van der Waals surface area contributed by atoms with Crippen molar-refractivity contribution in [2.24, 2.45) is 4.99 Å². The zero-order chi connectivity index (χ0) is 12.3. The number of rotatable bonds is 4. The van der Waals surface area contributed by atoms with E-state index in [1.807, 2.05) is 0 Å². The topological polar surface area (TPSA) is 55.7 Å². The highest BCUT2D eigenvalue weighted by molar-refractivity contribution is 8.15. The maximum atomic E-state index is 11.9. The van der Waals surface area contributed by atoms with Gasteiger partial charge in [-0.1, -0.05) is 0 Å². The Bertz CT molecular complexity index is 479. The van der Waals surface area contributed by atoms with E-state index in [1.54, 1.807) is 31.4 Å². The summed E-state index contributed by atoms with van der Waals surface area (Å²) < 4.78 is 5.01. The Balaban J connectivity index is 2.04. The molecule has 1 aromatic carbocycles. The minimum Gasteiger partial charge on any atom is -0.497 e. The monoisotopic (exact) mass is 249 g/mol. The van der Waals surface area contributed by atoms with Crippen LogP contribution in [0, 0.1) is 0 Å². The molecule has 1 aliphatic heterocycles. The fraction of sp³-hybridized carbons (Fsp3) is 0.250. The lowest BCUT2D eigenvalue weighted by molar-refractivity contribution is -0.115. The predicted octanol–water partition coefficient (Wildman–Crippen LogP) is 1.94. The van der Waals surface area contributed by atoms with Crippen LogP contribution in [0.4, 0.5) is 0 Å². The molecule has 1 aliphatic rings. The molecule has 5 heteroatoms. The van der Waals surface area contributed by atoms with Crippen molar-refractivity contribution in [3.05, 3.63) is 29.8 Å². The van der Waals surface area contributed by atoms with E-state index in [2.05, 4.69) is 4.99 Å². The molecular formula is C12H11NO3S. The summed E-state index contributed by atoms with van der Waals surface area (Å²) in [5.74, 6) is 0.871. The molecule has 0 spiro atoms. The lowest BCUT2D eigenvalue weighted by atomic mass is 10.1. The molecule has 1 aromatic rings. The van der Waals surface area contributed by atoms with Crippen LogP contribution in [0.3, 0.4) is 0 Å². The van der Waals surface area contributed by atoms with Gasteiger partial charge in [0.2, 0.25) is 0 Å². The Morgan fingerprint density at radius 2 is 2.12 bits per heavy atom. The molecule has 0 N–H and O–H groups in total. The Labute approximate surface area is 103 Å². The zero-order valence-corrected chi connectivity index (χ0v) is 10.1. The molecule has 0 bridgehead atoms. The first-order chi connectivity index (χ1) is 8.19. The van der Waals surface area contributed by atoms with Gasteiger partial charge in [0.15, 0.2) is 5.78 Å². The van der Waals surface area contributed by atoms with Gasteiger partial charge in [0, 0.05) is 5.56 Å². The van der Waals surface area contributed by atoms with Crippen LogP contribution in [0.2, 0.25) is 0 Å². The average molecular weight is 249 g/mol. The molecule has 0 radical (unpaired) electrons.